The number of rotatable bonds is 9. The van der Waals surface area contributed by atoms with Gasteiger partial charge in [-0.15, -0.1) is 0 Å². The highest BCUT2D eigenvalue weighted by Gasteiger charge is 2.17. The standard InChI is InChI=1S/C27H30FN5O3.C2H6/c1-34-25-17-26(35-2)31-27(30-25)36-22-8-6-21(7-9-22)33-14-12-32(13-15-33)11-3-4-19-18-29-24-10-5-20(28)16-23(19)24;1-2/h5-10,16-18,29H,3-4,11-15H2,1-2H3;1-2H3. The topological polar surface area (TPSA) is 75.7 Å². The van der Waals surface area contributed by atoms with Gasteiger partial charge in [-0.05, 0) is 67.4 Å². The van der Waals surface area contributed by atoms with Gasteiger partial charge in [0, 0.05) is 49.0 Å². The van der Waals surface area contributed by atoms with Crippen LogP contribution in [0.2, 0.25) is 0 Å². The largest absolute Gasteiger partial charge is 0.481 e. The first-order chi connectivity index (χ1) is 18.6. The van der Waals surface area contributed by atoms with Crippen molar-refractivity contribution < 1.29 is 18.6 Å². The second-order valence-electron chi connectivity index (χ2n) is 8.77. The SMILES string of the molecule is CC.COc1cc(OC)nc(Oc2ccc(N3CCN(CCCc4c[nH]c5ccc(F)cc45)CC3)cc2)n1. The Bertz CT molecular complexity index is 1280. The molecule has 2 aromatic carbocycles. The molecule has 0 amide bonds. The van der Waals surface area contributed by atoms with E-state index in [1.165, 1.54) is 25.8 Å². The third-order valence-electron chi connectivity index (χ3n) is 6.51. The number of fused-ring (bicyclic) bond motifs is 1. The quantitative estimate of drug-likeness (QED) is 0.303. The smallest absolute Gasteiger partial charge is 0.328 e. The minimum absolute atomic E-state index is 0.172. The van der Waals surface area contributed by atoms with E-state index in [0.29, 0.717) is 17.5 Å². The molecule has 38 heavy (non-hydrogen) atoms. The number of hydrogen-bond acceptors (Lipinski definition) is 7. The lowest BCUT2D eigenvalue weighted by Crippen LogP contribution is -2.46. The van der Waals surface area contributed by atoms with Crippen LogP contribution in [0.1, 0.15) is 25.8 Å². The summed E-state index contributed by atoms with van der Waals surface area (Å²) >= 11 is 0. The Balaban J connectivity index is 0.00000164. The first-order valence-electron chi connectivity index (χ1n) is 13.1. The predicted molar refractivity (Wildman–Crippen MR) is 148 cm³/mol. The molecule has 1 saturated heterocycles. The van der Waals surface area contributed by atoms with Crippen molar-refractivity contribution in [3.05, 3.63) is 66.1 Å². The molecule has 1 aliphatic rings. The zero-order valence-electron chi connectivity index (χ0n) is 22.5. The minimum atomic E-state index is -0.187. The molecule has 1 aliphatic heterocycles. The van der Waals surface area contributed by atoms with E-state index in [-0.39, 0.29) is 11.8 Å². The molecular weight excluding hydrogens is 485 g/mol. The molecular formula is C29H36FN5O3. The van der Waals surface area contributed by atoms with E-state index in [1.54, 1.807) is 18.2 Å². The Morgan fingerprint density at radius 1 is 0.895 bits per heavy atom. The van der Waals surface area contributed by atoms with Crippen molar-refractivity contribution in [3.8, 4) is 23.5 Å². The molecule has 1 N–H and O–H groups in total. The summed E-state index contributed by atoms with van der Waals surface area (Å²) in [4.78, 5) is 16.5. The van der Waals surface area contributed by atoms with Gasteiger partial charge in [0.25, 0.3) is 0 Å². The third kappa shape index (κ3) is 6.72. The Morgan fingerprint density at radius 3 is 2.24 bits per heavy atom. The molecule has 1 fully saturated rings. The van der Waals surface area contributed by atoms with E-state index in [4.69, 9.17) is 14.2 Å². The highest BCUT2D eigenvalue weighted by molar-refractivity contribution is 5.83. The van der Waals surface area contributed by atoms with Gasteiger partial charge in [-0.2, -0.15) is 9.97 Å². The number of ether oxygens (including phenoxy) is 3. The normalized spacial score (nSPS) is 13.7. The number of halogens is 1. The maximum Gasteiger partial charge on any atom is 0.328 e. The van der Waals surface area contributed by atoms with Crippen LogP contribution in [0.5, 0.6) is 23.5 Å². The molecule has 5 rings (SSSR count). The fourth-order valence-corrected chi connectivity index (χ4v) is 4.55. The Labute approximate surface area is 223 Å². The lowest BCUT2D eigenvalue weighted by Gasteiger charge is -2.36. The molecule has 4 aromatic rings. The highest BCUT2D eigenvalue weighted by Crippen LogP contribution is 2.26. The lowest BCUT2D eigenvalue weighted by atomic mass is 10.1. The molecule has 202 valence electrons. The fraction of sp³-hybridized carbons (Fsp3) is 0.379. The van der Waals surface area contributed by atoms with E-state index in [2.05, 4.69) is 36.9 Å². The molecule has 0 bridgehead atoms. The van der Waals surface area contributed by atoms with Crippen molar-refractivity contribution in [3.63, 3.8) is 0 Å². The second kappa shape index (κ2) is 13.1. The number of piperazine rings is 1. The number of aromatic amines is 1. The van der Waals surface area contributed by atoms with Gasteiger partial charge in [0.1, 0.15) is 11.6 Å². The van der Waals surface area contributed by atoms with Gasteiger partial charge in [-0.25, -0.2) is 4.39 Å². The van der Waals surface area contributed by atoms with E-state index in [1.807, 2.05) is 32.2 Å². The molecule has 0 atom stereocenters. The number of hydrogen-bond donors (Lipinski definition) is 1. The van der Waals surface area contributed by atoms with Crippen LogP contribution >= 0.6 is 0 Å². The van der Waals surface area contributed by atoms with Crippen molar-refractivity contribution in [2.75, 3.05) is 51.8 Å². The minimum Gasteiger partial charge on any atom is -0.481 e. The first kappa shape index (κ1) is 27.2. The van der Waals surface area contributed by atoms with Gasteiger partial charge in [0.2, 0.25) is 11.8 Å². The Hall–Kier alpha value is -3.85. The summed E-state index contributed by atoms with van der Waals surface area (Å²) in [5.41, 5.74) is 3.34. The molecule has 8 nitrogen and oxygen atoms in total. The van der Waals surface area contributed by atoms with Gasteiger partial charge in [0.15, 0.2) is 0 Å². The number of nitrogens with zero attached hydrogens (tertiary/aromatic N) is 4. The van der Waals surface area contributed by atoms with Gasteiger partial charge < -0.3 is 24.1 Å². The number of aromatic nitrogens is 3. The molecule has 0 spiro atoms. The van der Waals surface area contributed by atoms with E-state index >= 15 is 0 Å². The van der Waals surface area contributed by atoms with Crippen LogP contribution in [-0.2, 0) is 6.42 Å². The maximum atomic E-state index is 13.6. The zero-order valence-corrected chi connectivity index (χ0v) is 22.5. The van der Waals surface area contributed by atoms with Gasteiger partial charge in [-0.3, -0.25) is 4.90 Å². The van der Waals surface area contributed by atoms with Gasteiger partial charge in [0.05, 0.1) is 20.3 Å². The molecule has 2 aromatic heterocycles. The molecule has 0 aliphatic carbocycles. The van der Waals surface area contributed by atoms with Crippen molar-refractivity contribution in [1.82, 2.24) is 19.9 Å². The zero-order chi connectivity index (χ0) is 26.9. The Morgan fingerprint density at radius 2 is 1.58 bits per heavy atom. The summed E-state index contributed by atoms with van der Waals surface area (Å²) in [5, 5.41) is 0.990. The van der Waals surface area contributed by atoms with Crippen molar-refractivity contribution in [2.24, 2.45) is 0 Å². The van der Waals surface area contributed by atoms with Crippen LogP contribution in [0.25, 0.3) is 10.9 Å². The number of anilines is 1. The molecule has 0 saturated carbocycles. The summed E-state index contributed by atoms with van der Waals surface area (Å²) in [5.74, 6) is 1.21. The molecule has 9 heteroatoms. The number of aryl methyl sites for hydroxylation is 1. The lowest BCUT2D eigenvalue weighted by molar-refractivity contribution is 0.255. The number of H-pyrrole nitrogens is 1. The summed E-state index contributed by atoms with van der Waals surface area (Å²) in [6, 6.07) is 14.6. The summed E-state index contributed by atoms with van der Waals surface area (Å²) in [7, 11) is 3.07. The van der Waals surface area contributed by atoms with Crippen LogP contribution in [0.15, 0.2) is 54.7 Å². The van der Waals surface area contributed by atoms with Gasteiger partial charge in [-0.1, -0.05) is 13.8 Å². The summed E-state index contributed by atoms with van der Waals surface area (Å²) in [6.45, 7) is 8.99. The summed E-state index contributed by atoms with van der Waals surface area (Å²) < 4.78 is 29.8. The molecule has 3 heterocycles. The third-order valence-corrected chi connectivity index (χ3v) is 6.51. The summed E-state index contributed by atoms with van der Waals surface area (Å²) in [6.07, 6.45) is 3.99. The number of methoxy groups -OCH3 is 2. The number of nitrogens with one attached hydrogen (secondary N) is 1. The van der Waals surface area contributed by atoms with E-state index in [0.717, 1.165) is 62.2 Å². The van der Waals surface area contributed by atoms with Crippen LogP contribution < -0.4 is 19.1 Å². The average Bonchev–Trinajstić information content (AvgIpc) is 3.36. The second-order valence-corrected chi connectivity index (χ2v) is 8.77. The van der Waals surface area contributed by atoms with E-state index < -0.39 is 0 Å². The number of benzene rings is 2. The van der Waals surface area contributed by atoms with Gasteiger partial charge >= 0.3 is 6.01 Å². The monoisotopic (exact) mass is 521 g/mol. The highest BCUT2D eigenvalue weighted by atomic mass is 19.1. The van der Waals surface area contributed by atoms with Crippen molar-refractivity contribution in [2.45, 2.75) is 26.7 Å². The first-order valence-corrected chi connectivity index (χ1v) is 13.1. The molecule has 0 unspecified atom stereocenters. The van der Waals surface area contributed by atoms with Crippen molar-refractivity contribution >= 4 is 16.6 Å². The average molecular weight is 522 g/mol. The van der Waals surface area contributed by atoms with Crippen LogP contribution in [0.4, 0.5) is 10.1 Å². The van der Waals surface area contributed by atoms with Crippen LogP contribution in [0.3, 0.4) is 0 Å². The fourth-order valence-electron chi connectivity index (χ4n) is 4.55. The molecule has 0 radical (unpaired) electrons. The predicted octanol–water partition coefficient (Wildman–Crippen LogP) is 5.69. The van der Waals surface area contributed by atoms with Crippen LogP contribution in [0, 0.1) is 5.82 Å². The van der Waals surface area contributed by atoms with E-state index in [9.17, 15) is 4.39 Å². The maximum absolute atomic E-state index is 13.6. The van der Waals surface area contributed by atoms with Crippen molar-refractivity contribution in [1.29, 1.82) is 0 Å². The Kier molecular flexibility index (Phi) is 9.37. The van der Waals surface area contributed by atoms with Crippen LogP contribution in [-0.4, -0.2) is 66.8 Å².